The smallest absolute Gasteiger partial charge is 0.238 e. The van der Waals surface area contributed by atoms with Crippen molar-refractivity contribution >= 4 is 46.6 Å². The van der Waals surface area contributed by atoms with E-state index in [4.69, 9.17) is 11.6 Å². The third-order valence-electron chi connectivity index (χ3n) is 3.26. The number of fused-ring (bicyclic) bond motifs is 1. The van der Waals surface area contributed by atoms with Crippen LogP contribution in [0.3, 0.4) is 0 Å². The molecule has 2 aromatic rings. The van der Waals surface area contributed by atoms with Crippen LogP contribution in [0.4, 0.5) is 15.8 Å². The number of thioether (sulfide) groups is 1. The van der Waals surface area contributed by atoms with E-state index in [0.717, 1.165) is 4.90 Å². The average Bonchev–Trinajstić information content (AvgIpc) is 2.50. The number of carbonyl (C=O) groups excluding carboxylic acids is 2. The molecule has 0 saturated heterocycles. The number of hydrogen-bond donors (Lipinski definition) is 2. The zero-order valence-electron chi connectivity index (χ0n) is 11.8. The molecular weight excluding hydrogens is 339 g/mol. The van der Waals surface area contributed by atoms with Gasteiger partial charge in [-0.05, 0) is 42.5 Å². The van der Waals surface area contributed by atoms with Gasteiger partial charge in [0, 0.05) is 22.0 Å². The van der Waals surface area contributed by atoms with Gasteiger partial charge in [-0.1, -0.05) is 11.6 Å². The van der Waals surface area contributed by atoms with Crippen LogP contribution >= 0.6 is 23.4 Å². The third-order valence-corrected chi connectivity index (χ3v) is 4.77. The molecule has 118 valence electrons. The van der Waals surface area contributed by atoms with Crippen molar-refractivity contribution in [2.24, 2.45) is 0 Å². The molecule has 4 nitrogen and oxygen atoms in total. The molecule has 1 aliphatic rings. The van der Waals surface area contributed by atoms with Gasteiger partial charge in [-0.2, -0.15) is 0 Å². The Balaban J connectivity index is 1.66. The Kier molecular flexibility index (Phi) is 4.54. The zero-order valence-corrected chi connectivity index (χ0v) is 13.4. The minimum absolute atomic E-state index is 0.0238. The Morgan fingerprint density at radius 2 is 2.00 bits per heavy atom. The van der Waals surface area contributed by atoms with Crippen LogP contribution in [0, 0.1) is 5.82 Å². The fraction of sp³-hybridized carbons (Fsp3) is 0.125. The van der Waals surface area contributed by atoms with E-state index < -0.39 is 5.25 Å². The predicted octanol–water partition coefficient (Wildman–Crippen LogP) is 3.92. The Labute approximate surface area is 141 Å². The highest BCUT2D eigenvalue weighted by Gasteiger charge is 2.29. The molecule has 3 rings (SSSR count). The molecule has 0 spiro atoms. The van der Waals surface area contributed by atoms with Gasteiger partial charge in [0.15, 0.2) is 0 Å². The lowest BCUT2D eigenvalue weighted by Crippen LogP contribution is -2.32. The lowest BCUT2D eigenvalue weighted by molar-refractivity contribution is -0.120. The summed E-state index contributed by atoms with van der Waals surface area (Å²) in [7, 11) is 0. The number of rotatable bonds is 3. The predicted molar refractivity (Wildman–Crippen MR) is 89.4 cm³/mol. The minimum atomic E-state index is -0.524. The molecule has 23 heavy (non-hydrogen) atoms. The van der Waals surface area contributed by atoms with Crippen molar-refractivity contribution in [2.45, 2.75) is 16.6 Å². The SMILES string of the molecule is O=C(C[C@@H]1Sc2ccc(Cl)cc2NC1=O)Nc1ccc(F)cc1. The Bertz CT molecular complexity index is 767. The molecule has 0 saturated carbocycles. The van der Waals surface area contributed by atoms with Crippen LogP contribution in [0.1, 0.15) is 6.42 Å². The summed E-state index contributed by atoms with van der Waals surface area (Å²) in [6.45, 7) is 0. The number of carbonyl (C=O) groups is 2. The van der Waals surface area contributed by atoms with Crippen molar-refractivity contribution in [2.75, 3.05) is 10.6 Å². The second-order valence-corrected chi connectivity index (χ2v) is 6.68. The van der Waals surface area contributed by atoms with Crippen LogP contribution in [0.25, 0.3) is 0 Å². The molecule has 2 aromatic carbocycles. The molecule has 1 atom stereocenters. The summed E-state index contributed by atoms with van der Waals surface area (Å²) in [6, 6.07) is 10.7. The van der Waals surface area contributed by atoms with Crippen LogP contribution in [0.15, 0.2) is 47.4 Å². The Hall–Kier alpha value is -2.05. The molecule has 1 heterocycles. The van der Waals surface area contributed by atoms with Crippen LogP contribution in [-0.2, 0) is 9.59 Å². The lowest BCUT2D eigenvalue weighted by atomic mass is 10.2. The van der Waals surface area contributed by atoms with Crippen molar-refractivity contribution < 1.29 is 14.0 Å². The van der Waals surface area contributed by atoms with E-state index in [2.05, 4.69) is 10.6 Å². The number of benzene rings is 2. The van der Waals surface area contributed by atoms with Crippen molar-refractivity contribution in [1.82, 2.24) is 0 Å². The molecule has 7 heteroatoms. The molecule has 2 amide bonds. The summed E-state index contributed by atoms with van der Waals surface area (Å²) in [5, 5.41) is 5.42. The summed E-state index contributed by atoms with van der Waals surface area (Å²) < 4.78 is 12.8. The number of nitrogens with one attached hydrogen (secondary N) is 2. The van der Waals surface area contributed by atoms with Crippen LogP contribution < -0.4 is 10.6 Å². The van der Waals surface area contributed by atoms with Crippen molar-refractivity contribution in [1.29, 1.82) is 0 Å². The van der Waals surface area contributed by atoms with Crippen LogP contribution in [0.2, 0.25) is 5.02 Å². The van der Waals surface area contributed by atoms with E-state index in [0.29, 0.717) is 16.4 Å². The molecule has 2 N–H and O–H groups in total. The molecule has 0 radical (unpaired) electrons. The van der Waals surface area contributed by atoms with Crippen molar-refractivity contribution in [3.63, 3.8) is 0 Å². The first kappa shape index (κ1) is 15.8. The number of anilines is 2. The second-order valence-electron chi connectivity index (χ2n) is 5.00. The fourth-order valence-corrected chi connectivity index (χ4v) is 3.43. The van der Waals surface area contributed by atoms with Gasteiger partial charge in [0.05, 0.1) is 10.9 Å². The quantitative estimate of drug-likeness (QED) is 0.882. The number of hydrogen-bond acceptors (Lipinski definition) is 3. The first-order valence-corrected chi connectivity index (χ1v) is 8.09. The van der Waals surface area contributed by atoms with Crippen molar-refractivity contribution in [3.05, 3.63) is 53.3 Å². The fourth-order valence-electron chi connectivity index (χ4n) is 2.17. The van der Waals surface area contributed by atoms with E-state index in [1.165, 1.54) is 36.0 Å². The molecule has 1 aliphatic heterocycles. The summed E-state index contributed by atoms with van der Waals surface area (Å²) in [5.41, 5.74) is 1.15. The van der Waals surface area contributed by atoms with Gasteiger partial charge in [0.2, 0.25) is 11.8 Å². The highest BCUT2D eigenvalue weighted by atomic mass is 35.5. The van der Waals surface area contributed by atoms with Gasteiger partial charge in [-0.15, -0.1) is 11.8 Å². The van der Waals surface area contributed by atoms with Gasteiger partial charge in [-0.3, -0.25) is 9.59 Å². The maximum absolute atomic E-state index is 12.8. The highest BCUT2D eigenvalue weighted by Crippen LogP contribution is 2.38. The van der Waals surface area contributed by atoms with E-state index in [9.17, 15) is 14.0 Å². The van der Waals surface area contributed by atoms with E-state index in [1.807, 2.05) is 6.07 Å². The molecule has 0 bridgehead atoms. The van der Waals surface area contributed by atoms with Gasteiger partial charge in [0.25, 0.3) is 0 Å². The topological polar surface area (TPSA) is 58.2 Å². The summed E-state index contributed by atoms with van der Waals surface area (Å²) in [6.07, 6.45) is 0.0238. The first-order valence-electron chi connectivity index (χ1n) is 6.84. The van der Waals surface area contributed by atoms with Crippen LogP contribution in [0.5, 0.6) is 0 Å². The van der Waals surface area contributed by atoms with Gasteiger partial charge < -0.3 is 10.6 Å². The highest BCUT2D eigenvalue weighted by molar-refractivity contribution is 8.01. The summed E-state index contributed by atoms with van der Waals surface area (Å²) in [4.78, 5) is 25.0. The van der Waals surface area contributed by atoms with Crippen molar-refractivity contribution in [3.8, 4) is 0 Å². The van der Waals surface area contributed by atoms with E-state index >= 15 is 0 Å². The number of amides is 2. The second kappa shape index (κ2) is 6.60. The lowest BCUT2D eigenvalue weighted by Gasteiger charge is -2.23. The third kappa shape index (κ3) is 3.83. The molecular formula is C16H12ClFN2O2S. The van der Waals surface area contributed by atoms with Gasteiger partial charge >= 0.3 is 0 Å². The molecule has 0 aromatic heterocycles. The maximum Gasteiger partial charge on any atom is 0.238 e. The molecule has 0 aliphatic carbocycles. The Morgan fingerprint density at radius 3 is 2.74 bits per heavy atom. The van der Waals surface area contributed by atoms with Gasteiger partial charge in [-0.25, -0.2) is 4.39 Å². The van der Waals surface area contributed by atoms with Crippen LogP contribution in [-0.4, -0.2) is 17.1 Å². The first-order chi connectivity index (χ1) is 11.0. The van der Waals surface area contributed by atoms with Gasteiger partial charge in [0.1, 0.15) is 5.82 Å². The standard InChI is InChI=1S/C16H12ClFN2O2S/c17-9-1-6-13-12(7-9)20-16(22)14(23-13)8-15(21)19-11-4-2-10(18)3-5-11/h1-7,14H,8H2,(H,19,21)(H,20,22)/t14-/m0/s1. The molecule has 0 fully saturated rings. The zero-order chi connectivity index (χ0) is 16.4. The average molecular weight is 351 g/mol. The summed E-state index contributed by atoms with van der Waals surface area (Å²) >= 11 is 7.22. The normalized spacial score (nSPS) is 16.4. The largest absolute Gasteiger partial charge is 0.326 e. The van der Waals surface area contributed by atoms with E-state index in [1.54, 1.807) is 12.1 Å². The van der Waals surface area contributed by atoms with E-state index in [-0.39, 0.29) is 24.1 Å². The monoisotopic (exact) mass is 350 g/mol. The minimum Gasteiger partial charge on any atom is -0.326 e. The maximum atomic E-state index is 12.8. The number of halogens is 2. The Morgan fingerprint density at radius 1 is 1.26 bits per heavy atom. The molecule has 0 unspecified atom stereocenters. The summed E-state index contributed by atoms with van der Waals surface area (Å²) in [5.74, 6) is -0.916.